The molecule has 4 heteroatoms. The first-order chi connectivity index (χ1) is 6.72. The average Bonchev–Trinajstić information content (AvgIpc) is 2.15. The van der Waals surface area contributed by atoms with Crippen LogP contribution in [0.25, 0.3) is 0 Å². The Balaban J connectivity index is 2.49. The van der Waals surface area contributed by atoms with Crippen LogP contribution in [0.3, 0.4) is 0 Å². The number of aryl methyl sites for hydroxylation is 1. The summed E-state index contributed by atoms with van der Waals surface area (Å²) in [6.07, 6.45) is 3.11. The van der Waals surface area contributed by atoms with E-state index < -0.39 is 0 Å². The van der Waals surface area contributed by atoms with E-state index in [1.54, 1.807) is 6.20 Å². The molecular formula is C10H13FN2S. The molecular weight excluding hydrogens is 199 g/mol. The highest BCUT2D eigenvalue weighted by atomic mass is 32.2. The molecule has 2 nitrogen and oxygen atoms in total. The molecule has 14 heavy (non-hydrogen) atoms. The number of pyridine rings is 1. The van der Waals surface area contributed by atoms with Gasteiger partial charge in [-0.15, -0.1) is 11.8 Å². The zero-order valence-electron chi connectivity index (χ0n) is 8.03. The van der Waals surface area contributed by atoms with Gasteiger partial charge < -0.3 is 5.73 Å². The van der Waals surface area contributed by atoms with Gasteiger partial charge in [0.25, 0.3) is 0 Å². The molecule has 0 fully saturated rings. The molecule has 0 saturated carbocycles. The van der Waals surface area contributed by atoms with E-state index in [0.29, 0.717) is 5.75 Å². The summed E-state index contributed by atoms with van der Waals surface area (Å²) in [6.45, 7) is 2.16. The summed E-state index contributed by atoms with van der Waals surface area (Å²) < 4.78 is 12.9. The molecule has 0 saturated heterocycles. The molecule has 1 rings (SSSR count). The molecule has 2 N–H and O–H groups in total. The van der Waals surface area contributed by atoms with Gasteiger partial charge in [0.05, 0.1) is 0 Å². The van der Waals surface area contributed by atoms with Crippen molar-refractivity contribution >= 4 is 11.8 Å². The van der Waals surface area contributed by atoms with Gasteiger partial charge in [-0.3, -0.25) is 4.98 Å². The van der Waals surface area contributed by atoms with Gasteiger partial charge in [-0.25, -0.2) is 4.39 Å². The number of hydrogen-bond donors (Lipinski definition) is 1. The Morgan fingerprint density at radius 2 is 2.50 bits per heavy atom. The third-order valence-corrected chi connectivity index (χ3v) is 2.59. The van der Waals surface area contributed by atoms with E-state index in [-0.39, 0.29) is 12.4 Å². The van der Waals surface area contributed by atoms with Crippen LogP contribution in [0, 0.1) is 6.92 Å². The number of thioether (sulfide) groups is 1. The third kappa shape index (κ3) is 3.89. The molecule has 0 aliphatic heterocycles. The predicted octanol–water partition coefficient (Wildman–Crippen LogP) is 2.29. The van der Waals surface area contributed by atoms with Crippen LogP contribution in [-0.2, 0) is 0 Å². The lowest BCUT2D eigenvalue weighted by molar-refractivity contribution is 0.640. The van der Waals surface area contributed by atoms with Crippen molar-refractivity contribution in [1.82, 2.24) is 4.98 Å². The van der Waals surface area contributed by atoms with Gasteiger partial charge in [0.2, 0.25) is 0 Å². The molecule has 0 amide bonds. The van der Waals surface area contributed by atoms with E-state index >= 15 is 0 Å². The summed E-state index contributed by atoms with van der Waals surface area (Å²) in [5, 5.41) is 0. The second kappa shape index (κ2) is 5.78. The minimum atomic E-state index is -0.174. The molecule has 0 aliphatic carbocycles. The fraction of sp³-hybridized carbons (Fsp3) is 0.300. The van der Waals surface area contributed by atoms with E-state index in [1.165, 1.54) is 17.8 Å². The molecule has 0 aliphatic rings. The molecule has 0 bridgehead atoms. The van der Waals surface area contributed by atoms with E-state index in [4.69, 9.17) is 5.73 Å². The van der Waals surface area contributed by atoms with Crippen LogP contribution in [0.4, 0.5) is 4.39 Å². The minimum Gasteiger partial charge on any atom is -0.327 e. The first-order valence-electron chi connectivity index (χ1n) is 4.32. The molecule has 1 aromatic rings. The van der Waals surface area contributed by atoms with Crippen molar-refractivity contribution in [3.8, 4) is 0 Å². The molecule has 0 spiro atoms. The Morgan fingerprint density at radius 3 is 3.14 bits per heavy atom. The van der Waals surface area contributed by atoms with Gasteiger partial charge in [0.15, 0.2) is 0 Å². The summed E-state index contributed by atoms with van der Waals surface area (Å²) in [4.78, 5) is 5.09. The second-order valence-electron chi connectivity index (χ2n) is 2.81. The Labute approximate surface area is 87.4 Å². The Kier molecular flexibility index (Phi) is 4.62. The van der Waals surface area contributed by atoms with E-state index in [1.807, 2.05) is 19.1 Å². The van der Waals surface area contributed by atoms with Crippen LogP contribution in [0.5, 0.6) is 0 Å². The average molecular weight is 212 g/mol. The van der Waals surface area contributed by atoms with Gasteiger partial charge in [-0.1, -0.05) is 0 Å². The van der Waals surface area contributed by atoms with Gasteiger partial charge >= 0.3 is 0 Å². The van der Waals surface area contributed by atoms with Crippen molar-refractivity contribution in [2.75, 3.05) is 12.3 Å². The highest BCUT2D eigenvalue weighted by molar-refractivity contribution is 7.99. The quantitative estimate of drug-likeness (QED) is 0.778. The Morgan fingerprint density at radius 1 is 1.71 bits per heavy atom. The molecule has 0 atom stereocenters. The Bertz CT molecular complexity index is 326. The van der Waals surface area contributed by atoms with Crippen molar-refractivity contribution < 1.29 is 4.39 Å². The van der Waals surface area contributed by atoms with Crippen LogP contribution in [0.1, 0.15) is 5.69 Å². The summed E-state index contributed by atoms with van der Waals surface area (Å²) in [6, 6.07) is 3.80. The highest BCUT2D eigenvalue weighted by Crippen LogP contribution is 2.20. The van der Waals surface area contributed by atoms with Crippen LogP contribution in [0.2, 0.25) is 0 Å². The maximum Gasteiger partial charge on any atom is 0.107 e. The van der Waals surface area contributed by atoms with Gasteiger partial charge in [-0.05, 0) is 25.1 Å². The first kappa shape index (κ1) is 11.2. The SMILES string of the molecule is Cc1cc(SC/C(F)=C/CN)ccn1. The maximum atomic E-state index is 12.9. The molecule has 0 radical (unpaired) electrons. The van der Waals surface area contributed by atoms with Crippen molar-refractivity contribution in [3.63, 3.8) is 0 Å². The molecule has 0 unspecified atom stereocenters. The molecule has 1 aromatic heterocycles. The summed E-state index contributed by atoms with van der Waals surface area (Å²) in [7, 11) is 0. The van der Waals surface area contributed by atoms with Crippen molar-refractivity contribution in [2.45, 2.75) is 11.8 Å². The third-order valence-electron chi connectivity index (χ3n) is 1.58. The summed E-state index contributed by atoms with van der Waals surface area (Å²) in [5.74, 6) is 0.160. The molecule has 0 aromatic carbocycles. The first-order valence-corrected chi connectivity index (χ1v) is 5.31. The monoisotopic (exact) mass is 212 g/mol. The minimum absolute atomic E-state index is 0.174. The Hall–Kier alpha value is -0.870. The number of hydrogen-bond acceptors (Lipinski definition) is 3. The highest BCUT2D eigenvalue weighted by Gasteiger charge is 1.98. The summed E-state index contributed by atoms with van der Waals surface area (Å²) in [5.41, 5.74) is 6.13. The smallest absolute Gasteiger partial charge is 0.107 e. The zero-order chi connectivity index (χ0) is 10.4. The standard InChI is InChI=1S/C10H13FN2S/c1-8-6-10(3-5-13-8)14-7-9(11)2-4-12/h2-3,5-6H,4,7,12H2,1H3/b9-2-. The summed E-state index contributed by atoms with van der Waals surface area (Å²) >= 11 is 1.44. The van der Waals surface area contributed by atoms with Gasteiger partial charge in [0.1, 0.15) is 5.83 Å². The predicted molar refractivity (Wildman–Crippen MR) is 57.9 cm³/mol. The van der Waals surface area contributed by atoms with Crippen molar-refractivity contribution in [3.05, 3.63) is 35.9 Å². The van der Waals surface area contributed by atoms with E-state index in [2.05, 4.69) is 4.98 Å². The number of rotatable bonds is 4. The fourth-order valence-electron chi connectivity index (χ4n) is 0.948. The van der Waals surface area contributed by atoms with Gasteiger partial charge in [0, 0.05) is 29.1 Å². The van der Waals surface area contributed by atoms with Gasteiger partial charge in [-0.2, -0.15) is 0 Å². The number of nitrogens with two attached hydrogens (primary N) is 1. The molecule has 76 valence electrons. The lowest BCUT2D eigenvalue weighted by Gasteiger charge is -2.00. The zero-order valence-corrected chi connectivity index (χ0v) is 8.85. The van der Waals surface area contributed by atoms with E-state index in [0.717, 1.165) is 10.6 Å². The molecule has 1 heterocycles. The fourth-order valence-corrected chi connectivity index (χ4v) is 1.78. The largest absolute Gasteiger partial charge is 0.327 e. The van der Waals surface area contributed by atoms with Crippen LogP contribution < -0.4 is 5.73 Å². The topological polar surface area (TPSA) is 38.9 Å². The van der Waals surface area contributed by atoms with Crippen molar-refractivity contribution in [1.29, 1.82) is 0 Å². The lowest BCUT2D eigenvalue weighted by atomic mass is 10.4. The van der Waals surface area contributed by atoms with Crippen LogP contribution in [0.15, 0.2) is 35.1 Å². The number of aromatic nitrogens is 1. The van der Waals surface area contributed by atoms with Crippen LogP contribution in [-0.4, -0.2) is 17.3 Å². The maximum absolute atomic E-state index is 12.9. The number of halogens is 1. The normalized spacial score (nSPS) is 11.8. The lowest BCUT2D eigenvalue weighted by Crippen LogP contribution is -1.95. The van der Waals surface area contributed by atoms with E-state index in [9.17, 15) is 4.39 Å². The van der Waals surface area contributed by atoms with Crippen molar-refractivity contribution in [2.24, 2.45) is 5.73 Å². The number of nitrogens with zero attached hydrogens (tertiary/aromatic N) is 1. The van der Waals surface area contributed by atoms with Crippen LogP contribution >= 0.6 is 11.8 Å². The second-order valence-corrected chi connectivity index (χ2v) is 3.86.